The summed E-state index contributed by atoms with van der Waals surface area (Å²) in [7, 11) is 0. The highest BCUT2D eigenvalue weighted by molar-refractivity contribution is 6.42. The second-order valence-electron chi connectivity index (χ2n) is 3.64. The van der Waals surface area contributed by atoms with E-state index in [-0.39, 0.29) is 15.6 Å². The lowest BCUT2D eigenvalue weighted by Crippen LogP contribution is -1.95. The Bertz CT molecular complexity index is 586. The Labute approximate surface area is 113 Å². The maximum absolute atomic E-state index is 13.4. The lowest BCUT2D eigenvalue weighted by molar-refractivity contribution is 0.0697. The summed E-state index contributed by atoms with van der Waals surface area (Å²) >= 11 is 11.4. The largest absolute Gasteiger partial charge is 0.478 e. The van der Waals surface area contributed by atoms with Crippen molar-refractivity contribution in [3.63, 3.8) is 0 Å². The van der Waals surface area contributed by atoms with Gasteiger partial charge in [0.25, 0.3) is 0 Å². The van der Waals surface area contributed by atoms with Crippen LogP contribution < -0.4 is 0 Å². The van der Waals surface area contributed by atoms with Crippen LogP contribution in [0.15, 0.2) is 36.4 Å². The Morgan fingerprint density at radius 3 is 2.17 bits per heavy atom. The van der Waals surface area contributed by atoms with Gasteiger partial charge in [0, 0.05) is 0 Å². The SMILES string of the molecule is O=C(O)c1ccc(-c2cc(F)c(Cl)c(Cl)c2)cc1. The van der Waals surface area contributed by atoms with Crippen LogP contribution in [0.2, 0.25) is 10.0 Å². The van der Waals surface area contributed by atoms with E-state index in [1.807, 2.05) is 0 Å². The fourth-order valence-corrected chi connectivity index (χ4v) is 1.84. The third kappa shape index (κ3) is 2.47. The van der Waals surface area contributed by atoms with Gasteiger partial charge in [-0.15, -0.1) is 0 Å². The molecule has 0 aromatic heterocycles. The molecule has 92 valence electrons. The van der Waals surface area contributed by atoms with Crippen LogP contribution in [0.25, 0.3) is 11.1 Å². The van der Waals surface area contributed by atoms with Gasteiger partial charge in [-0.2, -0.15) is 0 Å². The van der Waals surface area contributed by atoms with Crippen molar-refractivity contribution in [2.75, 3.05) is 0 Å². The molecule has 2 rings (SSSR count). The Morgan fingerprint density at radius 2 is 1.67 bits per heavy atom. The number of aromatic carboxylic acids is 1. The lowest BCUT2D eigenvalue weighted by atomic mass is 10.0. The molecule has 0 radical (unpaired) electrons. The van der Waals surface area contributed by atoms with E-state index in [1.54, 1.807) is 12.1 Å². The van der Waals surface area contributed by atoms with E-state index in [2.05, 4.69) is 0 Å². The summed E-state index contributed by atoms with van der Waals surface area (Å²) in [6.45, 7) is 0. The number of carboxylic acids is 1. The zero-order valence-electron chi connectivity index (χ0n) is 8.95. The summed E-state index contributed by atoms with van der Waals surface area (Å²) < 4.78 is 13.4. The number of rotatable bonds is 2. The fraction of sp³-hybridized carbons (Fsp3) is 0. The van der Waals surface area contributed by atoms with Gasteiger partial charge in [-0.1, -0.05) is 35.3 Å². The molecule has 5 heteroatoms. The predicted molar refractivity (Wildman–Crippen MR) is 68.8 cm³/mol. The minimum Gasteiger partial charge on any atom is -0.478 e. The van der Waals surface area contributed by atoms with Gasteiger partial charge in [0.15, 0.2) is 0 Å². The lowest BCUT2D eigenvalue weighted by Gasteiger charge is -2.05. The predicted octanol–water partition coefficient (Wildman–Crippen LogP) is 4.50. The topological polar surface area (TPSA) is 37.3 Å². The number of hydrogen-bond donors (Lipinski definition) is 1. The first-order chi connectivity index (χ1) is 8.49. The molecule has 0 spiro atoms. The molecule has 0 aliphatic rings. The van der Waals surface area contributed by atoms with E-state index in [9.17, 15) is 9.18 Å². The second-order valence-corrected chi connectivity index (χ2v) is 4.42. The van der Waals surface area contributed by atoms with Crippen LogP contribution in [0.4, 0.5) is 4.39 Å². The molecule has 0 bridgehead atoms. The zero-order chi connectivity index (χ0) is 13.3. The van der Waals surface area contributed by atoms with Crippen molar-refractivity contribution in [2.45, 2.75) is 0 Å². The minimum atomic E-state index is -1.01. The van der Waals surface area contributed by atoms with Gasteiger partial charge < -0.3 is 5.11 Å². The molecule has 2 nitrogen and oxygen atoms in total. The van der Waals surface area contributed by atoms with Crippen molar-refractivity contribution in [1.82, 2.24) is 0 Å². The molecule has 0 saturated heterocycles. The average molecular weight is 285 g/mol. The molecule has 0 aliphatic heterocycles. The first-order valence-electron chi connectivity index (χ1n) is 4.97. The average Bonchev–Trinajstić information content (AvgIpc) is 2.35. The summed E-state index contributed by atoms with van der Waals surface area (Å²) in [6, 6.07) is 8.84. The first kappa shape index (κ1) is 12.9. The van der Waals surface area contributed by atoms with E-state index >= 15 is 0 Å². The number of halogens is 3. The summed E-state index contributed by atoms with van der Waals surface area (Å²) in [5, 5.41) is 8.77. The van der Waals surface area contributed by atoms with Crippen LogP contribution in [-0.4, -0.2) is 11.1 Å². The van der Waals surface area contributed by atoms with E-state index in [0.29, 0.717) is 11.1 Å². The minimum absolute atomic E-state index is 0.119. The van der Waals surface area contributed by atoms with Gasteiger partial charge in [-0.3, -0.25) is 0 Å². The third-order valence-corrected chi connectivity index (χ3v) is 3.23. The second kappa shape index (κ2) is 4.96. The van der Waals surface area contributed by atoms with Crippen molar-refractivity contribution in [3.8, 4) is 11.1 Å². The molecule has 0 saturated carbocycles. The Morgan fingerprint density at radius 1 is 1.06 bits per heavy atom. The molecule has 2 aromatic carbocycles. The van der Waals surface area contributed by atoms with Crippen molar-refractivity contribution >= 4 is 29.2 Å². The maximum Gasteiger partial charge on any atom is 0.335 e. The Kier molecular flexibility index (Phi) is 3.55. The van der Waals surface area contributed by atoms with Gasteiger partial charge in [0.2, 0.25) is 0 Å². The number of hydrogen-bond acceptors (Lipinski definition) is 1. The van der Waals surface area contributed by atoms with E-state index < -0.39 is 11.8 Å². The summed E-state index contributed by atoms with van der Waals surface area (Å²) in [5.74, 6) is -1.62. The summed E-state index contributed by atoms with van der Waals surface area (Å²) in [6.07, 6.45) is 0. The van der Waals surface area contributed by atoms with E-state index in [0.717, 1.165) is 0 Å². The first-order valence-corrected chi connectivity index (χ1v) is 5.73. The Balaban J connectivity index is 2.46. The highest BCUT2D eigenvalue weighted by Gasteiger charge is 2.09. The van der Waals surface area contributed by atoms with Gasteiger partial charge in [-0.05, 0) is 35.4 Å². The third-order valence-electron chi connectivity index (χ3n) is 2.45. The van der Waals surface area contributed by atoms with Crippen LogP contribution >= 0.6 is 23.2 Å². The number of benzene rings is 2. The molecular formula is C13H7Cl2FO2. The van der Waals surface area contributed by atoms with Crippen LogP contribution in [0.5, 0.6) is 0 Å². The highest BCUT2D eigenvalue weighted by atomic mass is 35.5. The van der Waals surface area contributed by atoms with Crippen molar-refractivity contribution in [1.29, 1.82) is 0 Å². The van der Waals surface area contributed by atoms with Gasteiger partial charge in [0.1, 0.15) is 5.82 Å². The van der Waals surface area contributed by atoms with E-state index in [1.165, 1.54) is 24.3 Å². The zero-order valence-corrected chi connectivity index (χ0v) is 10.5. The Hall–Kier alpha value is -1.58. The van der Waals surface area contributed by atoms with Gasteiger partial charge in [0.05, 0.1) is 15.6 Å². The number of carboxylic acid groups (broad SMARTS) is 1. The van der Waals surface area contributed by atoms with Crippen molar-refractivity contribution < 1.29 is 14.3 Å². The molecule has 0 aliphatic carbocycles. The quantitative estimate of drug-likeness (QED) is 0.825. The molecule has 0 unspecified atom stereocenters. The smallest absolute Gasteiger partial charge is 0.335 e. The van der Waals surface area contributed by atoms with E-state index in [4.69, 9.17) is 28.3 Å². The highest BCUT2D eigenvalue weighted by Crippen LogP contribution is 2.31. The molecule has 0 fully saturated rings. The molecule has 2 aromatic rings. The normalized spacial score (nSPS) is 10.4. The van der Waals surface area contributed by atoms with Gasteiger partial charge >= 0.3 is 5.97 Å². The molecular weight excluding hydrogens is 278 g/mol. The van der Waals surface area contributed by atoms with Crippen LogP contribution in [0, 0.1) is 5.82 Å². The molecule has 0 atom stereocenters. The van der Waals surface area contributed by atoms with Gasteiger partial charge in [-0.25, -0.2) is 9.18 Å². The van der Waals surface area contributed by atoms with Crippen molar-refractivity contribution in [2.24, 2.45) is 0 Å². The molecule has 0 heterocycles. The molecule has 0 amide bonds. The standard InChI is InChI=1S/C13H7Cl2FO2/c14-10-5-9(6-11(16)12(10)15)7-1-3-8(4-2-7)13(17)18/h1-6H,(H,17,18). The monoisotopic (exact) mass is 284 g/mol. The summed E-state index contributed by atoms with van der Waals surface area (Å²) in [4.78, 5) is 10.7. The molecule has 18 heavy (non-hydrogen) atoms. The summed E-state index contributed by atoms with van der Waals surface area (Å²) in [5.41, 5.74) is 1.37. The van der Waals surface area contributed by atoms with Crippen LogP contribution in [0.1, 0.15) is 10.4 Å². The van der Waals surface area contributed by atoms with Crippen LogP contribution in [0.3, 0.4) is 0 Å². The van der Waals surface area contributed by atoms with Crippen molar-refractivity contribution in [3.05, 3.63) is 57.8 Å². The fourth-order valence-electron chi connectivity index (χ4n) is 1.53. The molecule has 1 N–H and O–H groups in total. The maximum atomic E-state index is 13.4. The number of carbonyl (C=O) groups is 1. The van der Waals surface area contributed by atoms with Crippen LogP contribution in [-0.2, 0) is 0 Å².